The standard InChI is InChI=1S/C22H36OSi/c1-7-8-10-18-21(23-24(5,6)22(2,3)4)19-14-13-17-20-15-11-9-12-16-20/h9,11-17,19,21H,7-8,10,18H2,1-6H3/b17-13+,19-14-. The predicted octanol–water partition coefficient (Wildman–Crippen LogP) is 7.23. The topological polar surface area (TPSA) is 9.23 Å². The largest absolute Gasteiger partial charge is 0.411 e. The van der Waals surface area contributed by atoms with Crippen LogP contribution in [0.3, 0.4) is 0 Å². The Hall–Kier alpha value is -1.12. The van der Waals surface area contributed by atoms with Crippen LogP contribution < -0.4 is 0 Å². The average Bonchev–Trinajstić information content (AvgIpc) is 2.51. The number of unbranched alkanes of at least 4 members (excludes halogenated alkanes) is 2. The van der Waals surface area contributed by atoms with E-state index < -0.39 is 8.32 Å². The van der Waals surface area contributed by atoms with Crippen LogP contribution in [0, 0.1) is 0 Å². The molecule has 0 fully saturated rings. The molecule has 0 amide bonds. The van der Waals surface area contributed by atoms with Crippen LogP contribution in [-0.2, 0) is 4.43 Å². The van der Waals surface area contributed by atoms with E-state index in [0.717, 1.165) is 6.42 Å². The van der Waals surface area contributed by atoms with E-state index in [1.165, 1.54) is 24.8 Å². The van der Waals surface area contributed by atoms with E-state index in [4.69, 9.17) is 4.43 Å². The Balaban J connectivity index is 2.71. The molecule has 2 heteroatoms. The second kappa shape index (κ2) is 10.0. The molecule has 0 aromatic heterocycles. The van der Waals surface area contributed by atoms with Gasteiger partial charge in [0.2, 0.25) is 0 Å². The molecule has 0 aliphatic carbocycles. The van der Waals surface area contributed by atoms with Crippen molar-refractivity contribution >= 4 is 14.4 Å². The Morgan fingerprint density at radius 2 is 1.71 bits per heavy atom. The van der Waals surface area contributed by atoms with Crippen molar-refractivity contribution in [2.45, 2.75) is 77.6 Å². The molecule has 0 saturated carbocycles. The van der Waals surface area contributed by atoms with Crippen molar-refractivity contribution in [1.82, 2.24) is 0 Å². The van der Waals surface area contributed by atoms with Gasteiger partial charge in [-0.1, -0.05) is 102 Å². The highest BCUT2D eigenvalue weighted by atomic mass is 28.4. The molecule has 0 aliphatic heterocycles. The van der Waals surface area contributed by atoms with E-state index in [2.05, 4.69) is 89.4 Å². The summed E-state index contributed by atoms with van der Waals surface area (Å²) in [7, 11) is -1.73. The van der Waals surface area contributed by atoms with E-state index in [-0.39, 0.29) is 11.1 Å². The van der Waals surface area contributed by atoms with Crippen LogP contribution in [0.5, 0.6) is 0 Å². The SMILES string of the molecule is CCCCCC(/C=C\C=C\c1ccccc1)O[Si](C)(C)C(C)(C)C. The number of rotatable bonds is 9. The Kier molecular flexibility index (Phi) is 8.72. The average molecular weight is 345 g/mol. The smallest absolute Gasteiger partial charge is 0.192 e. The molecule has 0 N–H and O–H groups in total. The van der Waals surface area contributed by atoms with Gasteiger partial charge in [0.15, 0.2) is 8.32 Å². The molecule has 0 radical (unpaired) electrons. The summed E-state index contributed by atoms with van der Waals surface area (Å²) in [5.41, 5.74) is 1.23. The van der Waals surface area contributed by atoms with Crippen molar-refractivity contribution < 1.29 is 4.43 Å². The third kappa shape index (κ3) is 7.63. The van der Waals surface area contributed by atoms with Gasteiger partial charge in [-0.05, 0) is 30.1 Å². The van der Waals surface area contributed by atoms with Crippen LogP contribution in [0.1, 0.15) is 58.9 Å². The highest BCUT2D eigenvalue weighted by molar-refractivity contribution is 6.74. The van der Waals surface area contributed by atoms with Crippen molar-refractivity contribution in [3.63, 3.8) is 0 Å². The first-order valence-corrected chi connectivity index (χ1v) is 12.2. The summed E-state index contributed by atoms with van der Waals surface area (Å²) in [5, 5.41) is 0.254. The molecule has 134 valence electrons. The van der Waals surface area contributed by atoms with E-state index in [1.54, 1.807) is 0 Å². The van der Waals surface area contributed by atoms with Gasteiger partial charge in [0, 0.05) is 0 Å². The maximum absolute atomic E-state index is 6.62. The van der Waals surface area contributed by atoms with Gasteiger partial charge in [-0.2, -0.15) is 0 Å². The lowest BCUT2D eigenvalue weighted by atomic mass is 10.1. The van der Waals surface area contributed by atoms with Gasteiger partial charge in [0.05, 0.1) is 6.10 Å². The summed E-state index contributed by atoms with van der Waals surface area (Å²) in [6.07, 6.45) is 13.8. The van der Waals surface area contributed by atoms with Gasteiger partial charge in [-0.25, -0.2) is 0 Å². The van der Waals surface area contributed by atoms with Gasteiger partial charge in [-0.15, -0.1) is 0 Å². The molecule has 0 aliphatic rings. The number of allylic oxidation sites excluding steroid dienone is 2. The van der Waals surface area contributed by atoms with Crippen LogP contribution in [0.2, 0.25) is 18.1 Å². The number of hydrogen-bond acceptors (Lipinski definition) is 1. The minimum absolute atomic E-state index is 0.234. The first-order chi connectivity index (χ1) is 11.3. The minimum Gasteiger partial charge on any atom is -0.411 e. The molecule has 0 saturated heterocycles. The summed E-state index contributed by atoms with van der Waals surface area (Å²) >= 11 is 0. The molecule has 1 aromatic rings. The van der Waals surface area contributed by atoms with Crippen molar-refractivity contribution in [2.24, 2.45) is 0 Å². The molecule has 1 nitrogen and oxygen atoms in total. The van der Waals surface area contributed by atoms with Crippen LogP contribution in [0.25, 0.3) is 6.08 Å². The molecule has 0 bridgehead atoms. The zero-order valence-corrected chi connectivity index (χ0v) is 17.5. The Morgan fingerprint density at radius 3 is 2.29 bits per heavy atom. The third-order valence-corrected chi connectivity index (χ3v) is 9.37. The summed E-state index contributed by atoms with van der Waals surface area (Å²) in [4.78, 5) is 0. The van der Waals surface area contributed by atoms with E-state index in [9.17, 15) is 0 Å². The van der Waals surface area contributed by atoms with Crippen molar-refractivity contribution in [3.05, 3.63) is 54.1 Å². The number of benzene rings is 1. The molecular weight excluding hydrogens is 308 g/mol. The molecule has 1 aromatic carbocycles. The summed E-state index contributed by atoms with van der Waals surface area (Å²) in [6, 6.07) is 10.4. The van der Waals surface area contributed by atoms with Crippen LogP contribution >= 0.6 is 0 Å². The summed E-state index contributed by atoms with van der Waals surface area (Å²) in [5.74, 6) is 0. The Labute approximate surface area is 151 Å². The van der Waals surface area contributed by atoms with Gasteiger partial charge in [-0.3, -0.25) is 0 Å². The molecule has 0 heterocycles. The maximum atomic E-state index is 6.62. The first-order valence-electron chi connectivity index (χ1n) is 9.34. The van der Waals surface area contributed by atoms with E-state index in [1.807, 2.05) is 6.07 Å². The molecule has 1 atom stereocenters. The molecule has 1 rings (SSSR count). The maximum Gasteiger partial charge on any atom is 0.192 e. The lowest BCUT2D eigenvalue weighted by Crippen LogP contribution is -2.43. The summed E-state index contributed by atoms with van der Waals surface area (Å²) < 4.78 is 6.62. The van der Waals surface area contributed by atoms with Gasteiger partial charge in [0.1, 0.15) is 0 Å². The zero-order valence-electron chi connectivity index (χ0n) is 16.5. The molecule has 0 spiro atoms. The predicted molar refractivity (Wildman–Crippen MR) is 111 cm³/mol. The van der Waals surface area contributed by atoms with Gasteiger partial charge in [0.25, 0.3) is 0 Å². The van der Waals surface area contributed by atoms with Crippen molar-refractivity contribution in [1.29, 1.82) is 0 Å². The van der Waals surface area contributed by atoms with Crippen molar-refractivity contribution in [2.75, 3.05) is 0 Å². The monoisotopic (exact) mass is 344 g/mol. The van der Waals surface area contributed by atoms with Crippen LogP contribution in [0.15, 0.2) is 48.6 Å². The highest BCUT2D eigenvalue weighted by Gasteiger charge is 2.38. The normalized spacial score (nSPS) is 14.6. The lowest BCUT2D eigenvalue weighted by molar-refractivity contribution is 0.211. The molecule has 1 unspecified atom stereocenters. The first kappa shape index (κ1) is 20.9. The Morgan fingerprint density at radius 1 is 1.04 bits per heavy atom. The second-order valence-corrected chi connectivity index (χ2v) is 12.8. The lowest BCUT2D eigenvalue weighted by Gasteiger charge is -2.38. The third-order valence-electron chi connectivity index (χ3n) is 4.87. The van der Waals surface area contributed by atoms with Gasteiger partial charge < -0.3 is 4.43 Å². The van der Waals surface area contributed by atoms with E-state index >= 15 is 0 Å². The second-order valence-electron chi connectivity index (χ2n) is 8.07. The quantitative estimate of drug-likeness (QED) is 0.261. The summed E-state index contributed by atoms with van der Waals surface area (Å²) in [6.45, 7) is 13.9. The fourth-order valence-corrected chi connectivity index (χ4v) is 3.57. The number of hydrogen-bond donors (Lipinski definition) is 0. The van der Waals surface area contributed by atoms with Crippen molar-refractivity contribution in [3.8, 4) is 0 Å². The fraction of sp³-hybridized carbons (Fsp3) is 0.545. The highest BCUT2D eigenvalue weighted by Crippen LogP contribution is 2.38. The van der Waals surface area contributed by atoms with Crippen LogP contribution in [0.4, 0.5) is 0 Å². The zero-order chi connectivity index (χ0) is 18.1. The molecule has 24 heavy (non-hydrogen) atoms. The van der Waals surface area contributed by atoms with Crippen LogP contribution in [-0.4, -0.2) is 14.4 Å². The Bertz CT molecular complexity index is 509. The molecular formula is C22H36OSi. The fourth-order valence-electron chi connectivity index (χ4n) is 2.26. The van der Waals surface area contributed by atoms with E-state index in [0.29, 0.717) is 0 Å². The van der Waals surface area contributed by atoms with Gasteiger partial charge >= 0.3 is 0 Å². The minimum atomic E-state index is -1.73.